The number of hydrogen-bond donors (Lipinski definition) is 2. The summed E-state index contributed by atoms with van der Waals surface area (Å²) in [6, 6.07) is 0. The fourth-order valence-corrected chi connectivity index (χ4v) is 2.77. The largest absolute Gasteiger partial charge is 0.382 e. The van der Waals surface area contributed by atoms with E-state index in [0.717, 1.165) is 0 Å². The number of nitrogens with zero attached hydrogens (tertiary/aromatic N) is 4. The van der Waals surface area contributed by atoms with E-state index < -0.39 is 17.9 Å². The predicted molar refractivity (Wildman–Crippen MR) is 77.7 cm³/mol. The number of nitrogens with two attached hydrogens (primary N) is 1. The van der Waals surface area contributed by atoms with Crippen LogP contribution in [0.3, 0.4) is 0 Å². The molecule has 1 aliphatic heterocycles. The Bertz CT molecular complexity index is 745. The highest BCUT2D eigenvalue weighted by Crippen LogP contribution is 2.33. The van der Waals surface area contributed by atoms with E-state index in [1.54, 1.807) is 14.2 Å². The van der Waals surface area contributed by atoms with Gasteiger partial charge in [0.1, 0.15) is 18.3 Å². The molecule has 1 fully saturated rings. The van der Waals surface area contributed by atoms with Crippen molar-refractivity contribution in [3.05, 3.63) is 10.4 Å². The molecule has 0 saturated carbocycles. The molecule has 126 valence electrons. The number of nitrogens with one attached hydrogen (secondary N) is 1. The van der Waals surface area contributed by atoms with E-state index in [-0.39, 0.29) is 29.3 Å². The molecular weight excluding hydrogens is 308 g/mol. The third-order valence-corrected chi connectivity index (χ3v) is 3.75. The van der Waals surface area contributed by atoms with Crippen LogP contribution >= 0.6 is 0 Å². The molecule has 0 aliphatic carbocycles. The van der Waals surface area contributed by atoms with Crippen LogP contribution in [0.4, 0.5) is 5.95 Å². The summed E-state index contributed by atoms with van der Waals surface area (Å²) in [5, 5.41) is 7.81. The zero-order chi connectivity index (χ0) is 16.6. The second-order valence-corrected chi connectivity index (χ2v) is 5.08. The van der Waals surface area contributed by atoms with E-state index in [0.29, 0.717) is 6.61 Å². The lowest BCUT2D eigenvalue weighted by Gasteiger charge is -2.21. The van der Waals surface area contributed by atoms with Crippen LogP contribution in [0.1, 0.15) is 6.23 Å². The normalized spacial score (nSPS) is 27.8. The molecule has 1 saturated heterocycles. The van der Waals surface area contributed by atoms with E-state index in [1.165, 1.54) is 11.8 Å². The topological polar surface area (TPSA) is 139 Å². The van der Waals surface area contributed by atoms with Crippen LogP contribution in [0, 0.1) is 0 Å². The summed E-state index contributed by atoms with van der Waals surface area (Å²) in [5.74, 6) is -0.0326. The summed E-state index contributed by atoms with van der Waals surface area (Å²) < 4.78 is 23.4. The third kappa shape index (κ3) is 2.57. The first-order valence-electron chi connectivity index (χ1n) is 6.91. The van der Waals surface area contributed by atoms with E-state index in [9.17, 15) is 4.79 Å². The van der Waals surface area contributed by atoms with Gasteiger partial charge in [0.05, 0.1) is 6.61 Å². The zero-order valence-electron chi connectivity index (χ0n) is 12.9. The third-order valence-electron chi connectivity index (χ3n) is 3.75. The summed E-state index contributed by atoms with van der Waals surface area (Å²) in [7, 11) is 4.67. The first-order chi connectivity index (χ1) is 11.1. The standard InChI is InChI=1S/C12H18N6O5/c1-20-4-5-7(21-2)8(22-3)11(23-5)18-9-6(16-17-18)10(19)15-12(13)14-9/h5,7-8,11H,4H2,1-3H3,(H3,13,14,15,19)/t5-,7-,8-,11-/m1/s1. The molecule has 1 aliphatic rings. The molecule has 0 radical (unpaired) electrons. The second-order valence-electron chi connectivity index (χ2n) is 5.08. The highest BCUT2D eigenvalue weighted by Gasteiger charge is 2.47. The molecule has 11 heteroatoms. The Morgan fingerprint density at radius 1 is 1.30 bits per heavy atom. The lowest BCUT2D eigenvalue weighted by Crippen LogP contribution is -2.37. The predicted octanol–water partition coefficient (Wildman–Crippen LogP) is -1.33. The van der Waals surface area contributed by atoms with Crippen LogP contribution in [0.5, 0.6) is 0 Å². The Balaban J connectivity index is 2.05. The van der Waals surface area contributed by atoms with Gasteiger partial charge in [-0.05, 0) is 0 Å². The molecule has 0 unspecified atom stereocenters. The van der Waals surface area contributed by atoms with E-state index in [2.05, 4.69) is 20.3 Å². The van der Waals surface area contributed by atoms with Gasteiger partial charge in [-0.3, -0.25) is 9.78 Å². The molecule has 0 bridgehead atoms. The number of methoxy groups -OCH3 is 3. The van der Waals surface area contributed by atoms with E-state index >= 15 is 0 Å². The summed E-state index contributed by atoms with van der Waals surface area (Å²) >= 11 is 0. The van der Waals surface area contributed by atoms with Gasteiger partial charge in [0.2, 0.25) is 5.95 Å². The van der Waals surface area contributed by atoms with Gasteiger partial charge < -0.3 is 24.7 Å². The van der Waals surface area contributed by atoms with Crippen LogP contribution in [0.25, 0.3) is 11.2 Å². The number of rotatable bonds is 5. The zero-order valence-corrected chi connectivity index (χ0v) is 12.9. The minimum Gasteiger partial charge on any atom is -0.382 e. The number of aromatic nitrogens is 5. The number of anilines is 1. The number of fused-ring (bicyclic) bond motifs is 1. The maximum absolute atomic E-state index is 11.9. The van der Waals surface area contributed by atoms with Crippen molar-refractivity contribution < 1.29 is 18.9 Å². The van der Waals surface area contributed by atoms with Crippen molar-refractivity contribution >= 4 is 17.1 Å². The highest BCUT2D eigenvalue weighted by atomic mass is 16.6. The average molecular weight is 326 g/mol. The van der Waals surface area contributed by atoms with E-state index in [4.69, 9.17) is 24.7 Å². The van der Waals surface area contributed by atoms with Crippen LogP contribution in [0.15, 0.2) is 4.79 Å². The Morgan fingerprint density at radius 2 is 2.04 bits per heavy atom. The van der Waals surface area contributed by atoms with Gasteiger partial charge in [0, 0.05) is 21.3 Å². The van der Waals surface area contributed by atoms with Gasteiger partial charge in [-0.1, -0.05) is 5.21 Å². The quantitative estimate of drug-likeness (QED) is 0.684. The van der Waals surface area contributed by atoms with Crippen molar-refractivity contribution in [3.63, 3.8) is 0 Å². The van der Waals surface area contributed by atoms with Crippen molar-refractivity contribution in [2.45, 2.75) is 24.5 Å². The summed E-state index contributed by atoms with van der Waals surface area (Å²) in [4.78, 5) is 18.3. The summed E-state index contributed by atoms with van der Waals surface area (Å²) in [6.07, 6.45) is -1.89. The Kier molecular flexibility index (Phi) is 4.26. The second kappa shape index (κ2) is 6.20. The fraction of sp³-hybridized carbons (Fsp3) is 0.667. The maximum Gasteiger partial charge on any atom is 0.282 e. The molecular formula is C12H18N6O5. The molecule has 2 aromatic rings. The Morgan fingerprint density at radius 3 is 2.70 bits per heavy atom. The Hall–Kier alpha value is -2.08. The van der Waals surface area contributed by atoms with Gasteiger partial charge >= 0.3 is 0 Å². The number of H-pyrrole nitrogens is 1. The molecule has 3 heterocycles. The lowest BCUT2D eigenvalue weighted by molar-refractivity contribution is -0.0695. The Labute approximate surface area is 130 Å². The summed E-state index contributed by atoms with van der Waals surface area (Å²) in [6.45, 7) is 0.317. The number of ether oxygens (including phenoxy) is 4. The van der Waals surface area contributed by atoms with Crippen LogP contribution < -0.4 is 11.3 Å². The molecule has 0 spiro atoms. The van der Waals surface area contributed by atoms with Gasteiger partial charge in [0.15, 0.2) is 17.4 Å². The lowest BCUT2D eigenvalue weighted by atomic mass is 10.1. The van der Waals surface area contributed by atoms with Crippen LogP contribution in [-0.2, 0) is 18.9 Å². The van der Waals surface area contributed by atoms with Crippen LogP contribution in [0.2, 0.25) is 0 Å². The molecule has 2 aromatic heterocycles. The minimum absolute atomic E-state index is 0.0326. The monoisotopic (exact) mass is 326 g/mol. The van der Waals surface area contributed by atoms with Gasteiger partial charge in [-0.2, -0.15) is 9.67 Å². The van der Waals surface area contributed by atoms with Crippen molar-refractivity contribution in [2.75, 3.05) is 33.7 Å². The molecule has 3 N–H and O–H groups in total. The smallest absolute Gasteiger partial charge is 0.282 e. The molecule has 3 rings (SSSR count). The first-order valence-corrected chi connectivity index (χ1v) is 6.91. The highest BCUT2D eigenvalue weighted by molar-refractivity contribution is 5.69. The number of hydrogen-bond acceptors (Lipinski definition) is 9. The fourth-order valence-electron chi connectivity index (χ4n) is 2.77. The SMILES string of the molecule is COC[C@H]1O[C@@H](n2nnc3c(=O)[nH]c(N)nc32)[C@H](OC)[C@@H]1OC. The number of aromatic amines is 1. The molecule has 23 heavy (non-hydrogen) atoms. The van der Waals surface area contributed by atoms with Gasteiger partial charge in [-0.15, -0.1) is 5.10 Å². The average Bonchev–Trinajstić information content (AvgIpc) is 3.08. The van der Waals surface area contributed by atoms with E-state index in [1.807, 2.05) is 0 Å². The molecule has 0 amide bonds. The van der Waals surface area contributed by atoms with Crippen molar-refractivity contribution in [1.29, 1.82) is 0 Å². The number of nitrogen functional groups attached to an aromatic ring is 1. The summed E-state index contributed by atoms with van der Waals surface area (Å²) in [5.41, 5.74) is 5.41. The first kappa shape index (κ1) is 15.8. The van der Waals surface area contributed by atoms with Crippen molar-refractivity contribution in [3.8, 4) is 0 Å². The molecule has 0 aromatic carbocycles. The van der Waals surface area contributed by atoms with Gasteiger partial charge in [0.25, 0.3) is 5.56 Å². The maximum atomic E-state index is 11.9. The van der Waals surface area contributed by atoms with Crippen molar-refractivity contribution in [1.82, 2.24) is 25.0 Å². The molecule has 11 nitrogen and oxygen atoms in total. The minimum atomic E-state index is -0.677. The van der Waals surface area contributed by atoms with Crippen LogP contribution in [-0.4, -0.2) is 71.2 Å². The van der Waals surface area contributed by atoms with Crippen molar-refractivity contribution in [2.24, 2.45) is 0 Å². The van der Waals surface area contributed by atoms with Gasteiger partial charge in [-0.25, -0.2) is 0 Å². The molecule has 4 atom stereocenters.